The van der Waals surface area contributed by atoms with Gasteiger partial charge in [0.15, 0.2) is 0 Å². The molecule has 0 radical (unpaired) electrons. The van der Waals surface area contributed by atoms with Crippen LogP contribution >= 0.6 is 0 Å². The van der Waals surface area contributed by atoms with E-state index in [4.69, 9.17) is 0 Å². The molecule has 2 aromatic carbocycles. The molecule has 0 spiro atoms. The molecule has 0 bridgehead atoms. The van der Waals surface area contributed by atoms with Crippen molar-refractivity contribution in [3.8, 4) is 5.75 Å². The second-order valence-corrected chi connectivity index (χ2v) is 4.95. The lowest BCUT2D eigenvalue weighted by Gasteiger charge is -2.09. The molecule has 96 valence electrons. The van der Waals surface area contributed by atoms with Crippen LogP contribution in [0.3, 0.4) is 0 Å². The Balaban J connectivity index is 2.09. The number of benzene rings is 2. The van der Waals surface area contributed by atoms with Crippen molar-refractivity contribution in [1.82, 2.24) is 0 Å². The topological polar surface area (TPSA) is 20.2 Å². The van der Waals surface area contributed by atoms with Crippen LogP contribution in [0.1, 0.15) is 44.6 Å². The summed E-state index contributed by atoms with van der Waals surface area (Å²) in [4.78, 5) is 0. The molecule has 0 aromatic heterocycles. The third-order valence-corrected chi connectivity index (χ3v) is 3.55. The van der Waals surface area contributed by atoms with E-state index in [1.807, 2.05) is 24.3 Å². The maximum Gasteiger partial charge on any atom is 0.119 e. The smallest absolute Gasteiger partial charge is 0.119 e. The number of phenols is 1. The normalized spacial score (nSPS) is 10.9. The highest BCUT2D eigenvalue weighted by Crippen LogP contribution is 2.28. The van der Waals surface area contributed by atoms with Crippen LogP contribution in [0, 0.1) is 0 Å². The number of hydrogen-bond acceptors (Lipinski definition) is 1. The van der Waals surface area contributed by atoms with Crippen LogP contribution in [0.5, 0.6) is 5.75 Å². The summed E-state index contributed by atoms with van der Waals surface area (Å²) in [5.41, 5.74) is 1.12. The molecule has 2 rings (SSSR count). The first kappa shape index (κ1) is 12.9. The zero-order valence-corrected chi connectivity index (χ0v) is 11.2. The lowest BCUT2D eigenvalue weighted by Crippen LogP contribution is -1.89. The first-order chi connectivity index (χ1) is 8.83. The minimum absolute atomic E-state index is 0.448. The predicted octanol–water partition coefficient (Wildman–Crippen LogP) is 5.06. The molecule has 18 heavy (non-hydrogen) atoms. The molecule has 0 aliphatic heterocycles. The summed E-state index contributed by atoms with van der Waals surface area (Å²) in [6.45, 7) is 2.23. The maximum atomic E-state index is 10.0. The Hall–Kier alpha value is -1.50. The molecule has 1 N–H and O–H groups in total. The average molecular weight is 242 g/mol. The number of unbranched alkanes of at least 4 members (excludes halogenated alkanes) is 4. The minimum atomic E-state index is 0.448. The van der Waals surface area contributed by atoms with Gasteiger partial charge in [0.1, 0.15) is 5.75 Å². The molecule has 0 heterocycles. The zero-order chi connectivity index (χ0) is 12.8. The number of fused-ring (bicyclic) bond motifs is 1. The highest BCUT2D eigenvalue weighted by atomic mass is 16.3. The van der Waals surface area contributed by atoms with Crippen LogP contribution in [0.25, 0.3) is 10.8 Å². The molecule has 0 unspecified atom stereocenters. The van der Waals surface area contributed by atoms with Crippen molar-refractivity contribution < 1.29 is 5.11 Å². The molecule has 0 saturated heterocycles. The number of aromatic hydroxyl groups is 1. The third kappa shape index (κ3) is 3.04. The van der Waals surface area contributed by atoms with E-state index in [0.717, 1.165) is 12.0 Å². The quantitative estimate of drug-likeness (QED) is 0.702. The highest BCUT2D eigenvalue weighted by molar-refractivity contribution is 5.87. The van der Waals surface area contributed by atoms with Crippen LogP contribution in [-0.2, 0) is 6.42 Å². The average Bonchev–Trinajstić information content (AvgIpc) is 2.41. The van der Waals surface area contributed by atoms with Gasteiger partial charge < -0.3 is 5.11 Å². The largest absolute Gasteiger partial charge is 0.508 e. The summed E-state index contributed by atoms with van der Waals surface area (Å²) < 4.78 is 0. The first-order valence-corrected chi connectivity index (χ1v) is 7.02. The molecule has 0 fully saturated rings. The van der Waals surface area contributed by atoms with Gasteiger partial charge in [-0.05, 0) is 29.7 Å². The van der Waals surface area contributed by atoms with Crippen molar-refractivity contribution in [3.63, 3.8) is 0 Å². The van der Waals surface area contributed by atoms with Crippen LogP contribution in [0.4, 0.5) is 0 Å². The van der Waals surface area contributed by atoms with E-state index < -0.39 is 0 Å². The number of phenolic OH excluding ortho intramolecular Hbond substituents is 1. The van der Waals surface area contributed by atoms with Crippen molar-refractivity contribution in [2.75, 3.05) is 0 Å². The van der Waals surface area contributed by atoms with E-state index in [9.17, 15) is 5.11 Å². The summed E-state index contributed by atoms with van der Waals surface area (Å²) in [5.74, 6) is 0.448. The van der Waals surface area contributed by atoms with Crippen molar-refractivity contribution in [3.05, 3.63) is 42.0 Å². The molecule has 0 atom stereocenters. The molecule has 1 nitrogen and oxygen atoms in total. The van der Waals surface area contributed by atoms with Gasteiger partial charge in [-0.1, -0.05) is 62.9 Å². The summed E-state index contributed by atoms with van der Waals surface area (Å²) in [7, 11) is 0. The van der Waals surface area contributed by atoms with Gasteiger partial charge in [-0.15, -0.1) is 0 Å². The molecule has 2 aromatic rings. The fraction of sp³-hybridized carbons (Fsp3) is 0.412. The van der Waals surface area contributed by atoms with Gasteiger partial charge in [-0.3, -0.25) is 0 Å². The molecule has 0 amide bonds. The van der Waals surface area contributed by atoms with E-state index in [0.29, 0.717) is 5.75 Å². The summed E-state index contributed by atoms with van der Waals surface area (Å²) in [6.07, 6.45) is 7.32. The summed E-state index contributed by atoms with van der Waals surface area (Å²) in [5, 5.41) is 12.4. The molecular formula is C17H22O. The number of aryl methyl sites for hydroxylation is 1. The van der Waals surface area contributed by atoms with Crippen molar-refractivity contribution in [2.24, 2.45) is 0 Å². The van der Waals surface area contributed by atoms with Gasteiger partial charge in [-0.25, -0.2) is 0 Å². The van der Waals surface area contributed by atoms with Crippen LogP contribution in [0.2, 0.25) is 0 Å². The van der Waals surface area contributed by atoms with Crippen molar-refractivity contribution >= 4 is 10.8 Å². The Bertz CT molecular complexity index is 502. The van der Waals surface area contributed by atoms with Gasteiger partial charge in [0, 0.05) is 5.56 Å². The molecule has 0 aliphatic rings. The van der Waals surface area contributed by atoms with Crippen molar-refractivity contribution in [1.29, 1.82) is 0 Å². The Morgan fingerprint density at radius 3 is 2.50 bits per heavy atom. The van der Waals surface area contributed by atoms with Gasteiger partial charge in [0.2, 0.25) is 0 Å². The molecule has 0 aliphatic carbocycles. The second-order valence-electron chi connectivity index (χ2n) is 4.95. The molecular weight excluding hydrogens is 220 g/mol. The predicted molar refractivity (Wildman–Crippen MR) is 78.1 cm³/mol. The number of rotatable bonds is 6. The minimum Gasteiger partial charge on any atom is -0.508 e. The van der Waals surface area contributed by atoms with E-state index >= 15 is 0 Å². The number of hydrogen-bond donors (Lipinski definition) is 1. The van der Waals surface area contributed by atoms with Gasteiger partial charge in [0.05, 0.1) is 0 Å². The Morgan fingerprint density at radius 2 is 1.67 bits per heavy atom. The Kier molecular flexibility index (Phi) is 4.63. The van der Waals surface area contributed by atoms with E-state index in [2.05, 4.69) is 19.1 Å². The van der Waals surface area contributed by atoms with Crippen LogP contribution < -0.4 is 0 Å². The Morgan fingerprint density at radius 1 is 0.889 bits per heavy atom. The third-order valence-electron chi connectivity index (χ3n) is 3.55. The maximum absolute atomic E-state index is 10.0. The molecule has 1 heteroatoms. The van der Waals surface area contributed by atoms with Gasteiger partial charge in [0.25, 0.3) is 0 Å². The lowest BCUT2D eigenvalue weighted by molar-refractivity contribution is 0.467. The second kappa shape index (κ2) is 6.44. The fourth-order valence-electron chi connectivity index (χ4n) is 2.49. The SMILES string of the molecule is CCCCCCCc1c(O)ccc2ccccc12. The first-order valence-electron chi connectivity index (χ1n) is 7.02. The van der Waals surface area contributed by atoms with Crippen LogP contribution in [-0.4, -0.2) is 5.11 Å². The Labute approximate surface area is 109 Å². The summed E-state index contributed by atoms with van der Waals surface area (Å²) in [6, 6.07) is 12.1. The lowest BCUT2D eigenvalue weighted by atomic mass is 9.98. The standard InChI is InChI=1S/C17H22O/c1-2-3-4-5-6-11-16-15-10-8-7-9-14(15)12-13-17(16)18/h7-10,12-13,18H,2-6,11H2,1H3. The van der Waals surface area contributed by atoms with Crippen LogP contribution in [0.15, 0.2) is 36.4 Å². The van der Waals surface area contributed by atoms with Crippen molar-refractivity contribution in [2.45, 2.75) is 45.4 Å². The molecule has 0 saturated carbocycles. The van der Waals surface area contributed by atoms with E-state index in [1.165, 1.54) is 42.9 Å². The monoisotopic (exact) mass is 242 g/mol. The van der Waals surface area contributed by atoms with E-state index in [-0.39, 0.29) is 0 Å². The van der Waals surface area contributed by atoms with Gasteiger partial charge in [-0.2, -0.15) is 0 Å². The summed E-state index contributed by atoms with van der Waals surface area (Å²) >= 11 is 0. The fourth-order valence-corrected chi connectivity index (χ4v) is 2.49. The van der Waals surface area contributed by atoms with Gasteiger partial charge >= 0.3 is 0 Å². The highest BCUT2D eigenvalue weighted by Gasteiger charge is 2.06. The zero-order valence-electron chi connectivity index (χ0n) is 11.2. The van der Waals surface area contributed by atoms with E-state index in [1.54, 1.807) is 0 Å².